The fourth-order valence-electron chi connectivity index (χ4n) is 4.27. The van der Waals surface area contributed by atoms with Crippen molar-refractivity contribution in [1.82, 2.24) is 20.0 Å². The summed E-state index contributed by atoms with van der Waals surface area (Å²) in [6.45, 7) is 12.9. The lowest BCUT2D eigenvalue weighted by Crippen LogP contribution is -2.55. The van der Waals surface area contributed by atoms with Crippen LogP contribution in [-0.2, 0) is 35.6 Å². The first kappa shape index (κ1) is 26.3. The number of nitrogens with zero attached hydrogens (tertiary/aromatic N) is 3. The predicted octanol–water partition coefficient (Wildman–Crippen LogP) is 2.37. The SMILES string of the molecule is Cc1ccc(-n2nc(C(C)(C)C)cc2CC2COC(C)(C(=O)NCC(=O)N3CCOCC3)OC2)cc1. The Bertz CT molecular complexity index is 1060. The highest BCUT2D eigenvalue weighted by molar-refractivity contribution is 5.88. The standard InChI is InChI=1S/C27H38N4O5/c1-19-6-8-21(9-7-19)31-22(15-23(29-31)26(2,3)4)14-20-17-35-27(5,36-18-20)25(33)28-16-24(32)30-10-12-34-13-11-30/h6-9,15,20H,10-14,16-18H2,1-5H3,(H,28,33). The van der Waals surface area contributed by atoms with Crippen molar-refractivity contribution in [3.05, 3.63) is 47.3 Å². The number of rotatable bonds is 6. The van der Waals surface area contributed by atoms with Crippen molar-refractivity contribution in [2.24, 2.45) is 5.92 Å². The predicted molar refractivity (Wildman–Crippen MR) is 135 cm³/mol. The van der Waals surface area contributed by atoms with Gasteiger partial charge in [0.1, 0.15) is 0 Å². The lowest BCUT2D eigenvalue weighted by atomic mass is 9.91. The maximum Gasteiger partial charge on any atom is 0.280 e. The maximum atomic E-state index is 12.8. The summed E-state index contributed by atoms with van der Waals surface area (Å²) < 4.78 is 19.1. The molecule has 2 amide bonds. The van der Waals surface area contributed by atoms with E-state index in [4.69, 9.17) is 19.3 Å². The molecule has 9 heteroatoms. The highest BCUT2D eigenvalue weighted by atomic mass is 16.7. The number of carbonyl (C=O) groups is 2. The van der Waals surface area contributed by atoms with Crippen molar-refractivity contribution in [2.75, 3.05) is 46.1 Å². The Morgan fingerprint density at radius 1 is 1.11 bits per heavy atom. The summed E-state index contributed by atoms with van der Waals surface area (Å²) in [6, 6.07) is 10.5. The molecule has 0 unspecified atom stereocenters. The molecule has 0 aliphatic carbocycles. The Morgan fingerprint density at radius 2 is 1.75 bits per heavy atom. The van der Waals surface area contributed by atoms with E-state index in [9.17, 15) is 9.59 Å². The van der Waals surface area contributed by atoms with Crippen LogP contribution in [-0.4, -0.2) is 78.3 Å². The molecule has 2 saturated heterocycles. The molecule has 1 aromatic heterocycles. The molecule has 36 heavy (non-hydrogen) atoms. The second-order valence-electron chi connectivity index (χ2n) is 10.8. The molecule has 1 aromatic carbocycles. The van der Waals surface area contributed by atoms with E-state index in [1.807, 2.05) is 4.68 Å². The fraction of sp³-hybridized carbons (Fsp3) is 0.593. The monoisotopic (exact) mass is 498 g/mol. The number of amides is 2. The van der Waals surface area contributed by atoms with Gasteiger partial charge >= 0.3 is 0 Å². The van der Waals surface area contributed by atoms with Crippen LogP contribution in [0.5, 0.6) is 0 Å². The van der Waals surface area contributed by atoms with Crippen LogP contribution < -0.4 is 5.32 Å². The van der Waals surface area contributed by atoms with Crippen molar-refractivity contribution in [2.45, 2.75) is 52.2 Å². The maximum absolute atomic E-state index is 12.8. The van der Waals surface area contributed by atoms with Gasteiger partial charge in [-0.1, -0.05) is 38.5 Å². The van der Waals surface area contributed by atoms with Gasteiger partial charge in [0.25, 0.3) is 5.91 Å². The summed E-state index contributed by atoms with van der Waals surface area (Å²) in [7, 11) is 0. The Morgan fingerprint density at radius 3 is 2.36 bits per heavy atom. The highest BCUT2D eigenvalue weighted by Gasteiger charge is 2.41. The minimum Gasteiger partial charge on any atom is -0.378 e. The molecule has 2 aromatic rings. The van der Waals surface area contributed by atoms with Crippen LogP contribution in [0.15, 0.2) is 30.3 Å². The zero-order valence-electron chi connectivity index (χ0n) is 22.0. The summed E-state index contributed by atoms with van der Waals surface area (Å²) in [5.74, 6) is -1.94. The highest BCUT2D eigenvalue weighted by Crippen LogP contribution is 2.28. The molecule has 196 valence electrons. The van der Waals surface area contributed by atoms with Crippen LogP contribution >= 0.6 is 0 Å². The van der Waals surface area contributed by atoms with Gasteiger partial charge in [0, 0.05) is 30.1 Å². The molecule has 0 spiro atoms. The van der Waals surface area contributed by atoms with Crippen LogP contribution in [0.4, 0.5) is 0 Å². The number of hydrogen-bond acceptors (Lipinski definition) is 6. The van der Waals surface area contributed by atoms with E-state index < -0.39 is 11.7 Å². The van der Waals surface area contributed by atoms with E-state index in [1.165, 1.54) is 5.56 Å². The normalized spacial score (nSPS) is 22.9. The van der Waals surface area contributed by atoms with E-state index in [0.717, 1.165) is 17.1 Å². The zero-order chi connectivity index (χ0) is 25.9. The van der Waals surface area contributed by atoms with Crippen LogP contribution in [0.2, 0.25) is 0 Å². The van der Waals surface area contributed by atoms with Gasteiger partial charge in [-0.2, -0.15) is 5.10 Å². The summed E-state index contributed by atoms with van der Waals surface area (Å²) >= 11 is 0. The molecule has 0 radical (unpaired) electrons. The molecule has 1 N–H and O–H groups in total. The first-order chi connectivity index (χ1) is 17.0. The third kappa shape index (κ3) is 6.14. The van der Waals surface area contributed by atoms with E-state index in [-0.39, 0.29) is 23.8 Å². The Kier molecular flexibility index (Phi) is 7.82. The van der Waals surface area contributed by atoms with E-state index >= 15 is 0 Å². The molecule has 2 aliphatic rings. The Balaban J connectivity index is 1.37. The minimum absolute atomic E-state index is 0.0644. The number of nitrogens with one attached hydrogen (secondary N) is 1. The number of morpholine rings is 1. The second kappa shape index (κ2) is 10.7. The fourth-order valence-corrected chi connectivity index (χ4v) is 4.27. The average molecular weight is 499 g/mol. The number of hydrogen-bond donors (Lipinski definition) is 1. The van der Waals surface area contributed by atoms with Gasteiger partial charge in [-0.15, -0.1) is 0 Å². The molecule has 2 aliphatic heterocycles. The van der Waals surface area contributed by atoms with Crippen molar-refractivity contribution in [3.63, 3.8) is 0 Å². The molecular weight excluding hydrogens is 460 g/mol. The molecule has 4 rings (SSSR count). The van der Waals surface area contributed by atoms with Gasteiger partial charge < -0.3 is 24.4 Å². The van der Waals surface area contributed by atoms with Crippen molar-refractivity contribution in [3.8, 4) is 5.69 Å². The molecule has 3 heterocycles. The van der Waals surface area contributed by atoms with E-state index in [1.54, 1.807) is 11.8 Å². The third-order valence-electron chi connectivity index (χ3n) is 6.69. The number of aryl methyl sites for hydroxylation is 1. The number of aromatic nitrogens is 2. The molecular formula is C27H38N4O5. The molecule has 9 nitrogen and oxygen atoms in total. The first-order valence-electron chi connectivity index (χ1n) is 12.6. The quantitative estimate of drug-likeness (QED) is 0.657. The summed E-state index contributed by atoms with van der Waals surface area (Å²) in [6.07, 6.45) is 0.699. The molecule has 0 atom stereocenters. The Hall–Kier alpha value is -2.75. The van der Waals surface area contributed by atoms with Gasteiger partial charge in [0.2, 0.25) is 11.7 Å². The molecule has 0 bridgehead atoms. The molecule has 2 fully saturated rings. The average Bonchev–Trinajstić information content (AvgIpc) is 3.29. The summed E-state index contributed by atoms with van der Waals surface area (Å²) in [4.78, 5) is 26.8. The lowest BCUT2D eigenvalue weighted by Gasteiger charge is -2.36. The van der Waals surface area contributed by atoms with Crippen LogP contribution in [0.3, 0.4) is 0 Å². The third-order valence-corrected chi connectivity index (χ3v) is 6.69. The van der Waals surface area contributed by atoms with E-state index in [0.29, 0.717) is 45.9 Å². The second-order valence-corrected chi connectivity index (χ2v) is 10.8. The minimum atomic E-state index is -1.42. The van der Waals surface area contributed by atoms with Crippen molar-refractivity contribution < 1.29 is 23.8 Å². The van der Waals surface area contributed by atoms with Gasteiger partial charge in [0.15, 0.2) is 0 Å². The van der Waals surface area contributed by atoms with Crippen molar-refractivity contribution >= 4 is 11.8 Å². The first-order valence-corrected chi connectivity index (χ1v) is 12.6. The van der Waals surface area contributed by atoms with E-state index in [2.05, 4.69) is 63.3 Å². The number of benzene rings is 1. The van der Waals surface area contributed by atoms with Crippen LogP contribution in [0, 0.1) is 12.8 Å². The topological polar surface area (TPSA) is 94.9 Å². The lowest BCUT2D eigenvalue weighted by molar-refractivity contribution is -0.259. The Labute approximate surface area is 213 Å². The van der Waals surface area contributed by atoms with Crippen molar-refractivity contribution in [1.29, 1.82) is 0 Å². The van der Waals surface area contributed by atoms with Gasteiger partial charge in [0.05, 0.1) is 44.4 Å². The molecule has 0 saturated carbocycles. The smallest absolute Gasteiger partial charge is 0.280 e. The van der Waals surface area contributed by atoms with Crippen LogP contribution in [0.1, 0.15) is 44.6 Å². The van der Waals surface area contributed by atoms with Crippen LogP contribution in [0.25, 0.3) is 5.69 Å². The van der Waals surface area contributed by atoms with Gasteiger partial charge in [-0.05, 0) is 38.5 Å². The van der Waals surface area contributed by atoms with Gasteiger partial charge in [-0.3, -0.25) is 9.59 Å². The largest absolute Gasteiger partial charge is 0.378 e. The zero-order valence-corrected chi connectivity index (χ0v) is 22.0. The van der Waals surface area contributed by atoms with Gasteiger partial charge in [-0.25, -0.2) is 4.68 Å². The summed E-state index contributed by atoms with van der Waals surface area (Å²) in [5, 5.41) is 7.58. The summed E-state index contributed by atoms with van der Waals surface area (Å²) in [5.41, 5.74) is 4.22. The number of carbonyl (C=O) groups excluding carboxylic acids is 2. The number of ether oxygens (including phenoxy) is 3.